The highest BCUT2D eigenvalue weighted by atomic mass is 16.2. The summed E-state index contributed by atoms with van der Waals surface area (Å²) in [4.78, 5) is 39.2. The number of carbonyl (C=O) groups is 3. The molecule has 2 aliphatic carbocycles. The Morgan fingerprint density at radius 3 is 2.85 bits per heavy atom. The minimum atomic E-state index is -1.08. The van der Waals surface area contributed by atoms with Gasteiger partial charge in [-0.25, -0.2) is 4.79 Å². The van der Waals surface area contributed by atoms with Crippen LogP contribution in [0.25, 0.3) is 0 Å². The molecule has 0 radical (unpaired) electrons. The number of nitrogens with zero attached hydrogens (tertiary/aromatic N) is 2. The number of hydrogen-bond donors (Lipinski definition) is 2. The van der Waals surface area contributed by atoms with Gasteiger partial charge in [0.1, 0.15) is 17.6 Å². The lowest BCUT2D eigenvalue weighted by Crippen LogP contribution is -2.51. The Labute approximate surface area is 157 Å². The van der Waals surface area contributed by atoms with E-state index in [-0.39, 0.29) is 18.4 Å². The molecular formula is C20H22N4O3. The van der Waals surface area contributed by atoms with Crippen molar-refractivity contribution in [3.63, 3.8) is 0 Å². The maximum absolute atomic E-state index is 13.2. The average Bonchev–Trinajstić information content (AvgIpc) is 3.48. The van der Waals surface area contributed by atoms with Crippen molar-refractivity contribution in [3.05, 3.63) is 35.4 Å². The van der Waals surface area contributed by atoms with E-state index in [0.29, 0.717) is 6.42 Å². The number of urea groups is 1. The van der Waals surface area contributed by atoms with Gasteiger partial charge in [0.15, 0.2) is 0 Å². The SMILES string of the molecule is CC(C#N)(NC(=O)CN1C(=O)NC2(CCCc3ccccc32)C1=O)C1CC1. The molecule has 4 amide bonds. The normalized spacial score (nSPS) is 26.1. The van der Waals surface area contributed by atoms with Crippen LogP contribution in [-0.4, -0.2) is 34.8 Å². The molecule has 1 saturated heterocycles. The smallest absolute Gasteiger partial charge is 0.325 e. The molecule has 2 atom stereocenters. The number of nitriles is 1. The zero-order valence-electron chi connectivity index (χ0n) is 15.2. The molecule has 1 spiro atoms. The Bertz CT molecular complexity index is 872. The van der Waals surface area contributed by atoms with Crippen LogP contribution >= 0.6 is 0 Å². The van der Waals surface area contributed by atoms with Crippen LogP contribution in [0.3, 0.4) is 0 Å². The molecule has 7 heteroatoms. The lowest BCUT2D eigenvalue weighted by Gasteiger charge is -2.33. The van der Waals surface area contributed by atoms with Crippen molar-refractivity contribution < 1.29 is 14.4 Å². The van der Waals surface area contributed by atoms with E-state index in [1.54, 1.807) is 6.92 Å². The molecule has 0 bridgehead atoms. The molecule has 1 aliphatic heterocycles. The average molecular weight is 366 g/mol. The monoisotopic (exact) mass is 366 g/mol. The fourth-order valence-electron chi connectivity index (χ4n) is 4.31. The van der Waals surface area contributed by atoms with Gasteiger partial charge in [-0.15, -0.1) is 0 Å². The van der Waals surface area contributed by atoms with Crippen LogP contribution in [0.5, 0.6) is 0 Å². The number of aryl methyl sites for hydroxylation is 1. The summed E-state index contributed by atoms with van der Waals surface area (Å²) < 4.78 is 0. The topological polar surface area (TPSA) is 102 Å². The van der Waals surface area contributed by atoms with Crippen LogP contribution in [0.15, 0.2) is 24.3 Å². The molecule has 1 aromatic rings. The van der Waals surface area contributed by atoms with E-state index in [0.717, 1.165) is 41.7 Å². The van der Waals surface area contributed by atoms with Crippen LogP contribution in [0.2, 0.25) is 0 Å². The molecule has 2 fully saturated rings. The summed E-state index contributed by atoms with van der Waals surface area (Å²) in [7, 11) is 0. The van der Waals surface area contributed by atoms with E-state index in [1.165, 1.54) is 0 Å². The van der Waals surface area contributed by atoms with Gasteiger partial charge < -0.3 is 10.6 Å². The highest BCUT2D eigenvalue weighted by Gasteiger charge is 2.54. The molecule has 27 heavy (non-hydrogen) atoms. The molecular weight excluding hydrogens is 344 g/mol. The van der Waals surface area contributed by atoms with Gasteiger partial charge in [0.25, 0.3) is 5.91 Å². The summed E-state index contributed by atoms with van der Waals surface area (Å²) in [5.74, 6) is -0.749. The summed E-state index contributed by atoms with van der Waals surface area (Å²) >= 11 is 0. The first-order chi connectivity index (χ1) is 12.9. The van der Waals surface area contributed by atoms with Gasteiger partial charge in [-0.2, -0.15) is 5.26 Å². The van der Waals surface area contributed by atoms with Crippen LogP contribution in [0, 0.1) is 17.2 Å². The molecule has 1 heterocycles. The van der Waals surface area contributed by atoms with Gasteiger partial charge >= 0.3 is 6.03 Å². The number of imide groups is 1. The first-order valence-corrected chi connectivity index (χ1v) is 9.34. The quantitative estimate of drug-likeness (QED) is 0.790. The van der Waals surface area contributed by atoms with Gasteiger partial charge in [-0.1, -0.05) is 24.3 Å². The van der Waals surface area contributed by atoms with Crippen molar-refractivity contribution in [1.29, 1.82) is 5.26 Å². The van der Waals surface area contributed by atoms with E-state index in [4.69, 9.17) is 0 Å². The first kappa shape index (κ1) is 17.5. The third-order valence-corrected chi connectivity index (χ3v) is 5.98. The molecule has 1 aromatic carbocycles. The third-order valence-electron chi connectivity index (χ3n) is 5.98. The largest absolute Gasteiger partial charge is 0.336 e. The predicted molar refractivity (Wildman–Crippen MR) is 96.2 cm³/mol. The molecule has 2 N–H and O–H groups in total. The van der Waals surface area contributed by atoms with Gasteiger partial charge in [0, 0.05) is 0 Å². The summed E-state index contributed by atoms with van der Waals surface area (Å²) in [6.45, 7) is 1.31. The Kier molecular flexibility index (Phi) is 3.95. The van der Waals surface area contributed by atoms with Crippen LogP contribution in [0.1, 0.15) is 43.7 Å². The van der Waals surface area contributed by atoms with Crippen molar-refractivity contribution in [2.45, 2.75) is 50.1 Å². The first-order valence-electron chi connectivity index (χ1n) is 9.34. The Hall–Kier alpha value is -2.88. The third kappa shape index (κ3) is 2.76. The number of amides is 4. The minimum absolute atomic E-state index is 0.131. The molecule has 0 aromatic heterocycles. The zero-order valence-corrected chi connectivity index (χ0v) is 15.2. The van der Waals surface area contributed by atoms with E-state index >= 15 is 0 Å². The van der Waals surface area contributed by atoms with Gasteiger partial charge in [0.05, 0.1) is 6.07 Å². The Morgan fingerprint density at radius 1 is 1.41 bits per heavy atom. The van der Waals surface area contributed by atoms with Crippen LogP contribution < -0.4 is 10.6 Å². The number of rotatable bonds is 4. The Morgan fingerprint density at radius 2 is 2.15 bits per heavy atom. The highest BCUT2D eigenvalue weighted by molar-refractivity contribution is 6.09. The summed E-state index contributed by atoms with van der Waals surface area (Å²) in [6.07, 6.45) is 3.96. The summed E-state index contributed by atoms with van der Waals surface area (Å²) in [5.41, 5.74) is -0.168. The number of nitrogens with one attached hydrogen (secondary N) is 2. The van der Waals surface area contributed by atoms with Gasteiger partial charge in [0.2, 0.25) is 5.91 Å². The van der Waals surface area contributed by atoms with Crippen molar-refractivity contribution >= 4 is 17.8 Å². The van der Waals surface area contributed by atoms with Gasteiger partial charge in [-0.05, 0) is 56.1 Å². The number of hydrogen-bond acceptors (Lipinski definition) is 4. The molecule has 140 valence electrons. The second-order valence-corrected chi connectivity index (χ2v) is 7.87. The molecule has 4 rings (SSSR count). The maximum atomic E-state index is 13.2. The van der Waals surface area contributed by atoms with Crippen molar-refractivity contribution in [1.82, 2.24) is 15.5 Å². The second kappa shape index (κ2) is 6.08. The van der Waals surface area contributed by atoms with E-state index < -0.39 is 23.0 Å². The molecule has 3 aliphatic rings. The summed E-state index contributed by atoms with van der Waals surface area (Å²) in [5, 5.41) is 14.9. The zero-order chi connectivity index (χ0) is 19.2. The number of benzene rings is 1. The minimum Gasteiger partial charge on any atom is -0.336 e. The van der Waals surface area contributed by atoms with Crippen molar-refractivity contribution in [2.75, 3.05) is 6.54 Å². The lowest BCUT2D eigenvalue weighted by atomic mass is 9.76. The predicted octanol–water partition coefficient (Wildman–Crippen LogP) is 1.58. The van der Waals surface area contributed by atoms with E-state index in [9.17, 15) is 19.6 Å². The molecule has 1 saturated carbocycles. The number of carbonyl (C=O) groups excluding carboxylic acids is 3. The van der Waals surface area contributed by atoms with Crippen LogP contribution in [0.4, 0.5) is 4.79 Å². The molecule has 2 unspecified atom stereocenters. The highest BCUT2D eigenvalue weighted by Crippen LogP contribution is 2.40. The standard InChI is InChI=1S/C20H22N4O3/c1-19(12-21,14-8-9-14)22-16(25)11-24-17(26)20(23-18(24)27)10-4-6-13-5-2-3-7-15(13)20/h2-3,5,7,14H,4,6,8-11H2,1H3,(H,22,25)(H,23,27). The van der Waals surface area contributed by atoms with Crippen molar-refractivity contribution in [3.8, 4) is 6.07 Å². The van der Waals surface area contributed by atoms with Gasteiger partial charge in [-0.3, -0.25) is 14.5 Å². The fraction of sp³-hybridized carbons (Fsp3) is 0.500. The Balaban J connectivity index is 1.54. The summed E-state index contributed by atoms with van der Waals surface area (Å²) in [6, 6.07) is 9.21. The van der Waals surface area contributed by atoms with Crippen LogP contribution in [-0.2, 0) is 21.5 Å². The van der Waals surface area contributed by atoms with E-state index in [2.05, 4.69) is 16.7 Å². The van der Waals surface area contributed by atoms with Crippen molar-refractivity contribution in [2.24, 2.45) is 5.92 Å². The second-order valence-electron chi connectivity index (χ2n) is 7.87. The fourth-order valence-corrected chi connectivity index (χ4v) is 4.31. The maximum Gasteiger partial charge on any atom is 0.325 e. The number of fused-ring (bicyclic) bond motifs is 2. The van der Waals surface area contributed by atoms with E-state index in [1.807, 2.05) is 24.3 Å². The lowest BCUT2D eigenvalue weighted by molar-refractivity contribution is -0.136. The molecule has 7 nitrogen and oxygen atoms in total.